The molecular weight excluding hydrogens is 462 g/mol. The van der Waals surface area contributed by atoms with Gasteiger partial charge in [-0.15, -0.1) is 0 Å². The predicted molar refractivity (Wildman–Crippen MR) is 140 cm³/mol. The number of carbonyl (C=O) groups is 2. The number of carbonyl (C=O) groups excluding carboxylic acids is 2. The third kappa shape index (κ3) is 7.14. The molecule has 1 atom stereocenters. The summed E-state index contributed by atoms with van der Waals surface area (Å²) in [5.74, 6) is 0.951. The van der Waals surface area contributed by atoms with Gasteiger partial charge in [0.1, 0.15) is 5.75 Å². The maximum atomic E-state index is 13.3. The summed E-state index contributed by atoms with van der Waals surface area (Å²) in [5, 5.41) is 3.90. The van der Waals surface area contributed by atoms with Gasteiger partial charge in [0.05, 0.1) is 13.2 Å². The van der Waals surface area contributed by atoms with E-state index < -0.39 is 5.41 Å². The van der Waals surface area contributed by atoms with Gasteiger partial charge in [-0.1, -0.05) is 29.3 Å². The molecule has 35 heavy (non-hydrogen) atoms. The third-order valence-corrected chi connectivity index (χ3v) is 7.36. The lowest BCUT2D eigenvalue weighted by Crippen LogP contribution is -2.52. The number of nitrogens with one attached hydrogen (secondary N) is 1. The zero-order valence-electron chi connectivity index (χ0n) is 20.6. The van der Waals surface area contributed by atoms with Crippen LogP contribution in [0.1, 0.15) is 44.1 Å². The minimum absolute atomic E-state index is 0.0477. The maximum absolute atomic E-state index is 13.3. The Bertz CT molecular complexity index is 990. The summed E-state index contributed by atoms with van der Waals surface area (Å²) in [6, 6.07) is 15.3. The maximum Gasteiger partial charge on any atom is 0.241 e. The molecule has 0 saturated carbocycles. The molecular formula is C28H36ClN3O3. The smallest absolute Gasteiger partial charge is 0.241 e. The Hall–Kier alpha value is -2.73. The summed E-state index contributed by atoms with van der Waals surface area (Å²) < 4.78 is 6.18. The first-order valence-electron chi connectivity index (χ1n) is 12.7. The number of ether oxygens (including phenoxy) is 1. The number of piperidine rings is 2. The van der Waals surface area contributed by atoms with Crippen LogP contribution in [0.3, 0.4) is 0 Å². The Morgan fingerprint density at radius 3 is 2.31 bits per heavy atom. The Kier molecular flexibility index (Phi) is 8.55. The summed E-state index contributed by atoms with van der Waals surface area (Å²) in [5.41, 5.74) is 1.70. The molecule has 0 aromatic heterocycles. The van der Waals surface area contributed by atoms with Gasteiger partial charge in [-0.3, -0.25) is 9.59 Å². The van der Waals surface area contributed by atoms with Crippen LogP contribution in [0, 0.1) is 12.3 Å². The monoisotopic (exact) mass is 497 g/mol. The molecule has 2 heterocycles. The van der Waals surface area contributed by atoms with Crippen molar-refractivity contribution >= 4 is 29.1 Å². The van der Waals surface area contributed by atoms with E-state index >= 15 is 0 Å². The van der Waals surface area contributed by atoms with Crippen molar-refractivity contribution < 1.29 is 14.3 Å². The number of hydrogen-bond acceptors (Lipinski definition) is 4. The van der Waals surface area contributed by atoms with Crippen molar-refractivity contribution in [2.75, 3.05) is 44.6 Å². The lowest BCUT2D eigenvalue weighted by molar-refractivity contribution is -0.141. The van der Waals surface area contributed by atoms with E-state index in [1.807, 2.05) is 53.1 Å². The Labute approximate surface area is 213 Å². The van der Waals surface area contributed by atoms with Gasteiger partial charge in [-0.2, -0.15) is 0 Å². The first-order chi connectivity index (χ1) is 16.9. The molecule has 6 nitrogen and oxygen atoms in total. The molecule has 2 aromatic carbocycles. The molecule has 2 fully saturated rings. The molecule has 2 aliphatic rings. The number of rotatable bonds is 8. The van der Waals surface area contributed by atoms with Crippen LogP contribution < -0.4 is 10.1 Å². The fraction of sp³-hybridized carbons (Fsp3) is 0.500. The first kappa shape index (κ1) is 25.4. The lowest BCUT2D eigenvalue weighted by atomic mass is 9.77. The molecule has 2 saturated heterocycles. The predicted octanol–water partition coefficient (Wildman–Crippen LogP) is 5.15. The molecule has 0 spiro atoms. The highest BCUT2D eigenvalue weighted by Gasteiger charge is 2.41. The zero-order chi connectivity index (χ0) is 24.7. The SMILES string of the molecule is Cc1ccc(NCC(=O)N2CCCC(COc3ccc(Cl)cc3)(CC(=O)N3CCCCC3)C2)cc1. The van der Waals surface area contributed by atoms with E-state index in [0.29, 0.717) is 31.1 Å². The van der Waals surface area contributed by atoms with Crippen molar-refractivity contribution in [2.24, 2.45) is 5.41 Å². The minimum Gasteiger partial charge on any atom is -0.493 e. The molecule has 4 rings (SSSR count). The summed E-state index contributed by atoms with van der Waals surface area (Å²) in [4.78, 5) is 30.3. The van der Waals surface area contributed by atoms with Crippen LogP contribution in [-0.4, -0.2) is 60.9 Å². The van der Waals surface area contributed by atoms with Gasteiger partial charge in [0, 0.05) is 48.7 Å². The third-order valence-electron chi connectivity index (χ3n) is 7.10. The molecule has 0 aliphatic carbocycles. The largest absolute Gasteiger partial charge is 0.493 e. The van der Waals surface area contributed by atoms with E-state index in [1.54, 1.807) is 12.1 Å². The molecule has 1 N–H and O–H groups in total. The minimum atomic E-state index is -0.411. The quantitative estimate of drug-likeness (QED) is 0.547. The number of anilines is 1. The normalized spacial score (nSPS) is 20.4. The van der Waals surface area contributed by atoms with E-state index in [1.165, 1.54) is 12.0 Å². The molecule has 2 aromatic rings. The highest BCUT2D eigenvalue weighted by molar-refractivity contribution is 6.30. The highest BCUT2D eigenvalue weighted by Crippen LogP contribution is 2.36. The average molecular weight is 498 g/mol. The van der Waals surface area contributed by atoms with E-state index in [9.17, 15) is 9.59 Å². The number of likely N-dealkylation sites (tertiary alicyclic amines) is 2. The second kappa shape index (κ2) is 11.8. The zero-order valence-corrected chi connectivity index (χ0v) is 21.4. The van der Waals surface area contributed by atoms with E-state index in [0.717, 1.165) is 50.2 Å². The first-order valence-corrected chi connectivity index (χ1v) is 13.0. The molecule has 188 valence electrons. The highest BCUT2D eigenvalue weighted by atomic mass is 35.5. The topological polar surface area (TPSA) is 61.9 Å². The van der Waals surface area contributed by atoms with E-state index in [2.05, 4.69) is 5.32 Å². The van der Waals surface area contributed by atoms with Gasteiger partial charge >= 0.3 is 0 Å². The van der Waals surface area contributed by atoms with Crippen molar-refractivity contribution in [1.82, 2.24) is 9.80 Å². The number of hydrogen-bond donors (Lipinski definition) is 1. The van der Waals surface area contributed by atoms with Crippen LogP contribution in [-0.2, 0) is 9.59 Å². The van der Waals surface area contributed by atoms with Crippen molar-refractivity contribution in [3.63, 3.8) is 0 Å². The summed E-state index contributed by atoms with van der Waals surface area (Å²) >= 11 is 6.02. The fourth-order valence-electron chi connectivity index (χ4n) is 5.04. The Morgan fingerprint density at radius 2 is 1.60 bits per heavy atom. The second-order valence-electron chi connectivity index (χ2n) is 10.00. The number of nitrogens with zero attached hydrogens (tertiary/aromatic N) is 2. The number of halogens is 1. The molecule has 2 aliphatic heterocycles. The van der Waals surface area contributed by atoms with Crippen LogP contribution in [0.15, 0.2) is 48.5 Å². The molecule has 0 bridgehead atoms. The van der Waals surface area contributed by atoms with Gasteiger partial charge < -0.3 is 19.9 Å². The molecule has 1 unspecified atom stereocenters. The van der Waals surface area contributed by atoms with E-state index in [-0.39, 0.29) is 18.4 Å². The van der Waals surface area contributed by atoms with E-state index in [4.69, 9.17) is 16.3 Å². The number of aryl methyl sites for hydroxylation is 1. The lowest BCUT2D eigenvalue weighted by Gasteiger charge is -2.43. The summed E-state index contributed by atoms with van der Waals surface area (Å²) in [7, 11) is 0. The van der Waals surface area contributed by atoms with Gasteiger partial charge in [-0.05, 0) is 75.4 Å². The van der Waals surface area contributed by atoms with Crippen molar-refractivity contribution in [3.05, 3.63) is 59.1 Å². The number of amides is 2. The summed E-state index contributed by atoms with van der Waals surface area (Å²) in [6.07, 6.45) is 5.42. The summed E-state index contributed by atoms with van der Waals surface area (Å²) in [6.45, 7) is 5.55. The van der Waals surface area contributed by atoms with Crippen LogP contribution in [0.5, 0.6) is 5.75 Å². The van der Waals surface area contributed by atoms with Crippen molar-refractivity contribution in [2.45, 2.75) is 45.4 Å². The van der Waals surface area contributed by atoms with Crippen LogP contribution >= 0.6 is 11.6 Å². The Morgan fingerprint density at radius 1 is 0.914 bits per heavy atom. The van der Waals surface area contributed by atoms with Crippen LogP contribution in [0.25, 0.3) is 0 Å². The van der Waals surface area contributed by atoms with Crippen molar-refractivity contribution in [3.8, 4) is 5.75 Å². The molecule has 2 amide bonds. The van der Waals surface area contributed by atoms with Gasteiger partial charge in [-0.25, -0.2) is 0 Å². The van der Waals surface area contributed by atoms with Crippen LogP contribution in [0.4, 0.5) is 5.69 Å². The fourth-order valence-corrected chi connectivity index (χ4v) is 5.16. The van der Waals surface area contributed by atoms with Crippen molar-refractivity contribution in [1.29, 1.82) is 0 Å². The number of benzene rings is 2. The standard InChI is InChI=1S/C28H36ClN3O3/c1-22-6-10-24(11-7-22)30-19-27(34)32-17-5-14-28(20-32,18-26(33)31-15-3-2-4-16-31)21-35-25-12-8-23(29)9-13-25/h6-13,30H,2-5,14-21H2,1H3. The van der Waals surface area contributed by atoms with Gasteiger partial charge in [0.15, 0.2) is 0 Å². The average Bonchev–Trinajstić information content (AvgIpc) is 2.88. The second-order valence-corrected chi connectivity index (χ2v) is 10.4. The van der Waals surface area contributed by atoms with Gasteiger partial charge in [0.2, 0.25) is 11.8 Å². The Balaban J connectivity index is 1.43. The molecule has 0 radical (unpaired) electrons. The van der Waals surface area contributed by atoms with Crippen LogP contribution in [0.2, 0.25) is 5.02 Å². The molecule has 7 heteroatoms. The van der Waals surface area contributed by atoms with Gasteiger partial charge in [0.25, 0.3) is 0 Å².